The highest BCUT2D eigenvalue weighted by Crippen LogP contribution is 2.34. The van der Waals surface area contributed by atoms with Gasteiger partial charge in [0.25, 0.3) is 0 Å². The molecule has 2 heterocycles. The number of ether oxygens (including phenoxy) is 1. The number of para-hydroxylation sites is 1. The molecular weight excluding hydrogens is 602 g/mol. The van der Waals surface area contributed by atoms with Gasteiger partial charge in [-0.15, -0.1) is 0 Å². The number of H-pyrrole nitrogens is 1. The molecule has 1 aliphatic carbocycles. The van der Waals surface area contributed by atoms with Crippen molar-refractivity contribution in [1.29, 1.82) is 0 Å². The number of hydrogen-bond acceptors (Lipinski definition) is 5. The van der Waals surface area contributed by atoms with Crippen molar-refractivity contribution in [3.8, 4) is 0 Å². The maximum Gasteiger partial charge on any atom is 0.328 e. The van der Waals surface area contributed by atoms with Crippen molar-refractivity contribution in [1.82, 2.24) is 25.8 Å². The molecule has 0 bridgehead atoms. The molecule has 0 radical (unpaired) electrons. The Balaban J connectivity index is 1.57. The van der Waals surface area contributed by atoms with Gasteiger partial charge in [-0.3, -0.25) is 9.59 Å². The number of halogens is 1. The number of rotatable bonds is 12. The van der Waals surface area contributed by atoms with Gasteiger partial charge in [-0.25, -0.2) is 9.59 Å². The quantitative estimate of drug-likeness (QED) is 0.251. The normalized spacial score (nSPS) is 20.8. The highest BCUT2D eigenvalue weighted by Gasteiger charge is 2.41. The number of fused-ring (bicyclic) bond motifs is 1. The summed E-state index contributed by atoms with van der Waals surface area (Å²) in [6.45, 7) is 6.08. The van der Waals surface area contributed by atoms with Crippen LogP contribution in [-0.2, 0) is 25.5 Å². The van der Waals surface area contributed by atoms with Gasteiger partial charge in [0.2, 0.25) is 11.8 Å². The zero-order valence-electron chi connectivity index (χ0n) is 25.0. The number of carbonyl (C=O) groups excluding carboxylic acids is 4. The van der Waals surface area contributed by atoms with Crippen molar-refractivity contribution >= 4 is 50.6 Å². The minimum atomic E-state index is -0.993. The zero-order chi connectivity index (χ0) is 30.4. The molecule has 4 N–H and O–H groups in total. The molecule has 1 unspecified atom stereocenters. The van der Waals surface area contributed by atoms with E-state index in [-0.39, 0.29) is 30.5 Å². The minimum absolute atomic E-state index is 0.0141. The van der Waals surface area contributed by atoms with Crippen molar-refractivity contribution in [2.24, 2.45) is 5.92 Å². The molecule has 1 saturated carbocycles. The topological polar surface area (TPSA) is 133 Å². The van der Waals surface area contributed by atoms with Crippen molar-refractivity contribution in [2.45, 2.75) is 109 Å². The SMILES string of the molecule is CCCC[C@@H](NC(=O)[C@@H](Cc1c(Br)[nH]c2ccccc12)NC(=O)C(NC(=O)N1[C@H](C)CCC[C@@H]1C)C1CC1)C(=O)OC. The number of likely N-dealkylation sites (tertiary alicyclic amines) is 1. The summed E-state index contributed by atoms with van der Waals surface area (Å²) in [5, 5.41) is 9.70. The fourth-order valence-electron chi connectivity index (χ4n) is 5.97. The Labute approximate surface area is 256 Å². The number of nitrogens with zero attached hydrogens (tertiary/aromatic N) is 1. The van der Waals surface area contributed by atoms with Crippen LogP contribution in [0.1, 0.15) is 77.7 Å². The third-order valence-corrected chi connectivity index (χ3v) is 9.21. The molecule has 4 rings (SSSR count). The molecule has 0 spiro atoms. The number of carbonyl (C=O) groups is 4. The molecule has 2 fully saturated rings. The van der Waals surface area contributed by atoms with E-state index >= 15 is 0 Å². The maximum atomic E-state index is 13.8. The summed E-state index contributed by atoms with van der Waals surface area (Å²) < 4.78 is 5.66. The van der Waals surface area contributed by atoms with E-state index in [0.717, 1.165) is 61.4 Å². The Morgan fingerprint density at radius 3 is 2.31 bits per heavy atom. The van der Waals surface area contributed by atoms with E-state index in [1.807, 2.05) is 49.9 Å². The maximum absolute atomic E-state index is 13.8. The lowest BCUT2D eigenvalue weighted by Gasteiger charge is -2.39. The fraction of sp³-hybridized carbons (Fsp3) is 0.613. The van der Waals surface area contributed by atoms with Crippen molar-refractivity contribution in [3.63, 3.8) is 0 Å². The van der Waals surface area contributed by atoms with Gasteiger partial charge >= 0.3 is 12.0 Å². The van der Waals surface area contributed by atoms with E-state index in [2.05, 4.69) is 36.9 Å². The molecule has 1 saturated heterocycles. The van der Waals surface area contributed by atoms with Crippen LogP contribution in [-0.4, -0.2) is 71.0 Å². The number of nitrogens with one attached hydrogen (secondary N) is 4. The number of piperidine rings is 1. The summed E-state index contributed by atoms with van der Waals surface area (Å²) >= 11 is 3.59. The zero-order valence-corrected chi connectivity index (χ0v) is 26.6. The molecule has 2 aliphatic rings. The van der Waals surface area contributed by atoms with Gasteiger partial charge in [0.15, 0.2) is 0 Å². The van der Waals surface area contributed by atoms with Gasteiger partial charge in [-0.2, -0.15) is 0 Å². The number of aromatic amines is 1. The highest BCUT2D eigenvalue weighted by molar-refractivity contribution is 9.10. The number of benzene rings is 1. The van der Waals surface area contributed by atoms with Gasteiger partial charge in [-0.05, 0) is 85.9 Å². The standard InChI is InChI=1S/C31H44BrN5O5/c1-5-6-13-24(30(40)42-4)34-28(38)25(17-22-21-12-7-8-14-23(21)33-27(22)32)35-29(39)26(20-15-16-20)36-31(41)37-18(2)10-9-11-19(37)3/h7-8,12,14,18-20,24-26,33H,5-6,9-11,13,15-17H2,1-4H3,(H,34,38)(H,35,39)(H,36,41)/t18-,19+,24-,25-,26?/m1/s1. The molecule has 5 atom stereocenters. The summed E-state index contributed by atoms with van der Waals surface area (Å²) in [6.07, 6.45) is 6.78. The van der Waals surface area contributed by atoms with Gasteiger partial charge in [0.05, 0.1) is 11.7 Å². The number of unbranched alkanes of at least 4 members (excludes halogenated alkanes) is 1. The summed E-state index contributed by atoms with van der Waals surface area (Å²) in [5.41, 5.74) is 1.73. The second-order valence-electron chi connectivity index (χ2n) is 11.8. The lowest BCUT2D eigenvalue weighted by Crippen LogP contribution is -2.60. The van der Waals surface area contributed by atoms with E-state index in [4.69, 9.17) is 4.74 Å². The predicted octanol–water partition coefficient (Wildman–Crippen LogP) is 4.56. The minimum Gasteiger partial charge on any atom is -0.467 e. The van der Waals surface area contributed by atoms with Crippen LogP contribution in [0.25, 0.3) is 10.9 Å². The first-order chi connectivity index (χ1) is 20.1. The van der Waals surface area contributed by atoms with Crippen LogP contribution in [0.3, 0.4) is 0 Å². The molecule has 11 heteroatoms. The van der Waals surface area contributed by atoms with Gasteiger partial charge in [0.1, 0.15) is 18.1 Å². The first-order valence-corrected chi connectivity index (χ1v) is 16.0. The van der Waals surface area contributed by atoms with E-state index < -0.39 is 35.9 Å². The fourth-order valence-corrected chi connectivity index (χ4v) is 6.56. The smallest absolute Gasteiger partial charge is 0.328 e. The summed E-state index contributed by atoms with van der Waals surface area (Å²) in [6, 6.07) is 5.10. The molecule has 1 aromatic heterocycles. The van der Waals surface area contributed by atoms with E-state index in [9.17, 15) is 19.2 Å². The summed E-state index contributed by atoms with van der Waals surface area (Å²) in [4.78, 5) is 58.6. The first kappa shape index (κ1) is 31.8. The van der Waals surface area contributed by atoms with E-state index in [0.29, 0.717) is 11.0 Å². The van der Waals surface area contributed by atoms with E-state index in [1.54, 1.807) is 0 Å². The largest absolute Gasteiger partial charge is 0.467 e. The van der Waals surface area contributed by atoms with Gasteiger partial charge in [0, 0.05) is 29.4 Å². The number of esters is 1. The Bertz CT molecular complexity index is 1270. The molecule has 230 valence electrons. The van der Waals surface area contributed by atoms with Crippen LogP contribution in [0.4, 0.5) is 4.79 Å². The Morgan fingerprint density at radius 1 is 1.00 bits per heavy atom. The molecule has 4 amide bonds. The molecule has 42 heavy (non-hydrogen) atoms. The Morgan fingerprint density at radius 2 is 1.67 bits per heavy atom. The molecule has 1 aliphatic heterocycles. The van der Waals surface area contributed by atoms with Gasteiger partial charge in [-0.1, -0.05) is 38.0 Å². The molecule has 10 nitrogen and oxygen atoms in total. The van der Waals surface area contributed by atoms with Crippen molar-refractivity contribution < 1.29 is 23.9 Å². The summed E-state index contributed by atoms with van der Waals surface area (Å²) in [7, 11) is 1.29. The molecular formula is C31H44BrN5O5. The lowest BCUT2D eigenvalue weighted by atomic mass is 9.98. The van der Waals surface area contributed by atoms with Gasteiger partial charge < -0.3 is 30.6 Å². The molecule has 1 aromatic carbocycles. The molecule has 2 aromatic rings. The number of methoxy groups -OCH3 is 1. The monoisotopic (exact) mass is 645 g/mol. The third-order valence-electron chi connectivity index (χ3n) is 8.53. The van der Waals surface area contributed by atoms with Crippen molar-refractivity contribution in [3.05, 3.63) is 34.4 Å². The highest BCUT2D eigenvalue weighted by atomic mass is 79.9. The van der Waals surface area contributed by atoms with Crippen molar-refractivity contribution in [2.75, 3.05) is 7.11 Å². The van der Waals surface area contributed by atoms with Crippen LogP contribution in [0.5, 0.6) is 0 Å². The lowest BCUT2D eigenvalue weighted by molar-refractivity contribution is -0.145. The Kier molecular flexibility index (Phi) is 10.9. The third kappa shape index (κ3) is 7.65. The number of amides is 4. The second-order valence-corrected chi connectivity index (χ2v) is 12.5. The van der Waals surface area contributed by atoms with E-state index in [1.165, 1.54) is 7.11 Å². The van der Waals surface area contributed by atoms with Crippen LogP contribution in [0, 0.1) is 5.92 Å². The second kappa shape index (κ2) is 14.4. The predicted molar refractivity (Wildman–Crippen MR) is 165 cm³/mol. The number of hydrogen-bond donors (Lipinski definition) is 4. The number of urea groups is 1. The average molecular weight is 647 g/mol. The summed E-state index contributed by atoms with van der Waals surface area (Å²) in [5.74, 6) is -1.39. The number of aromatic nitrogens is 1. The van der Waals surface area contributed by atoms with Crippen LogP contribution >= 0.6 is 15.9 Å². The first-order valence-electron chi connectivity index (χ1n) is 15.2. The Hall–Kier alpha value is -3.08. The van der Waals surface area contributed by atoms with Crippen LogP contribution < -0.4 is 16.0 Å². The average Bonchev–Trinajstić information content (AvgIpc) is 3.76. The van der Waals surface area contributed by atoms with Crippen LogP contribution in [0.15, 0.2) is 28.9 Å². The van der Waals surface area contributed by atoms with Crippen LogP contribution in [0.2, 0.25) is 0 Å².